The fourth-order valence-electron chi connectivity index (χ4n) is 2.06. The fraction of sp³-hybridized carbons (Fsp3) is 0.235. The van der Waals surface area contributed by atoms with Gasteiger partial charge in [-0.2, -0.15) is 0 Å². The lowest BCUT2D eigenvalue weighted by molar-refractivity contribution is -0.152. The van der Waals surface area contributed by atoms with Crippen molar-refractivity contribution < 1.29 is 19.7 Å². The molecule has 0 bridgehead atoms. The van der Waals surface area contributed by atoms with E-state index in [4.69, 9.17) is 38.2 Å². The molecule has 5 nitrogen and oxygen atoms in total. The van der Waals surface area contributed by atoms with Gasteiger partial charge in [0, 0.05) is 5.69 Å². The van der Waals surface area contributed by atoms with E-state index >= 15 is 0 Å². The number of hydrogen-bond acceptors (Lipinski definition) is 5. The van der Waals surface area contributed by atoms with Gasteiger partial charge in [0.25, 0.3) is 0 Å². The summed E-state index contributed by atoms with van der Waals surface area (Å²) in [6.07, 6.45) is -0.947. The summed E-state index contributed by atoms with van der Waals surface area (Å²) in [6.45, 7) is -0.866. The highest BCUT2D eigenvalue weighted by Crippen LogP contribution is 2.33. The summed E-state index contributed by atoms with van der Waals surface area (Å²) in [4.78, 5) is 12.0. The van der Waals surface area contributed by atoms with Gasteiger partial charge in [-0.25, -0.2) is 0 Å². The number of aliphatic hydroxyl groups is 2. The summed E-state index contributed by atoms with van der Waals surface area (Å²) < 4.78 is 4.99. The Morgan fingerprint density at radius 1 is 1.04 bits per heavy atom. The topological polar surface area (TPSA) is 78.8 Å². The predicted molar refractivity (Wildman–Crippen MR) is 93.9 cm³/mol. The third-order valence-corrected chi connectivity index (χ3v) is 3.91. The molecule has 3 N–H and O–H groups in total. The van der Waals surface area contributed by atoms with Gasteiger partial charge in [-0.05, 0) is 23.8 Å². The molecule has 2 aromatic carbocycles. The van der Waals surface area contributed by atoms with Crippen LogP contribution in [0.3, 0.4) is 0 Å². The molecule has 0 spiro atoms. The second-order valence-corrected chi connectivity index (χ2v) is 5.85. The van der Waals surface area contributed by atoms with Crippen LogP contribution in [0.4, 0.5) is 11.4 Å². The van der Waals surface area contributed by atoms with E-state index in [1.54, 1.807) is 36.4 Å². The molecule has 24 heavy (non-hydrogen) atoms. The van der Waals surface area contributed by atoms with Crippen molar-refractivity contribution in [1.82, 2.24) is 0 Å². The number of hydrogen-bond donors (Lipinski definition) is 3. The summed E-state index contributed by atoms with van der Waals surface area (Å²) in [5.41, 5.74) is 1.88. The average molecular weight is 370 g/mol. The van der Waals surface area contributed by atoms with E-state index in [1.807, 2.05) is 6.07 Å². The first-order chi connectivity index (χ1) is 11.5. The molecule has 0 radical (unpaired) electrons. The Kier molecular flexibility index (Phi) is 6.87. The summed E-state index contributed by atoms with van der Waals surface area (Å²) in [5.74, 6) is -0.553. The molecular formula is C17H17Cl2NO4. The van der Waals surface area contributed by atoms with Crippen LogP contribution in [0, 0.1) is 0 Å². The SMILES string of the molecule is O=C(Cc1ccccc1Nc1c(Cl)cccc1Cl)OC(CO)CO. The number of aliphatic hydroxyl groups excluding tert-OH is 2. The highest BCUT2D eigenvalue weighted by atomic mass is 35.5. The highest BCUT2D eigenvalue weighted by molar-refractivity contribution is 6.39. The fourth-order valence-corrected chi connectivity index (χ4v) is 2.56. The van der Waals surface area contributed by atoms with Crippen molar-refractivity contribution in [2.75, 3.05) is 18.5 Å². The molecular weight excluding hydrogens is 353 g/mol. The van der Waals surface area contributed by atoms with E-state index in [-0.39, 0.29) is 6.42 Å². The van der Waals surface area contributed by atoms with Gasteiger partial charge < -0.3 is 20.3 Å². The minimum absolute atomic E-state index is 0.0260. The van der Waals surface area contributed by atoms with Crippen molar-refractivity contribution in [3.05, 3.63) is 58.1 Å². The Hall–Kier alpha value is -1.79. The maximum atomic E-state index is 12.0. The van der Waals surface area contributed by atoms with Crippen molar-refractivity contribution in [1.29, 1.82) is 0 Å². The number of carbonyl (C=O) groups is 1. The Morgan fingerprint density at radius 2 is 1.67 bits per heavy atom. The molecule has 0 atom stereocenters. The second-order valence-electron chi connectivity index (χ2n) is 5.03. The number of esters is 1. The molecule has 0 heterocycles. The number of rotatable bonds is 7. The van der Waals surface area contributed by atoms with Gasteiger partial charge >= 0.3 is 5.97 Å². The average Bonchev–Trinajstić information content (AvgIpc) is 2.57. The maximum Gasteiger partial charge on any atom is 0.310 e. The number of benzene rings is 2. The van der Waals surface area contributed by atoms with Crippen molar-refractivity contribution in [3.63, 3.8) is 0 Å². The van der Waals surface area contributed by atoms with Gasteiger partial charge in [0.1, 0.15) is 6.10 Å². The molecule has 2 rings (SSSR count). The van der Waals surface area contributed by atoms with Crippen LogP contribution in [-0.2, 0) is 16.0 Å². The van der Waals surface area contributed by atoms with E-state index in [2.05, 4.69) is 5.32 Å². The number of anilines is 2. The minimum Gasteiger partial charge on any atom is -0.457 e. The van der Waals surface area contributed by atoms with E-state index in [1.165, 1.54) is 0 Å². The standard InChI is InChI=1S/C17H17Cl2NO4/c18-13-5-3-6-14(19)17(13)20-15-7-2-1-4-11(15)8-16(23)24-12(9-21)10-22/h1-7,12,20-22H,8-10H2. The highest BCUT2D eigenvalue weighted by Gasteiger charge is 2.15. The molecule has 0 unspecified atom stereocenters. The van der Waals surface area contributed by atoms with Crippen LogP contribution in [0.1, 0.15) is 5.56 Å². The molecule has 0 saturated carbocycles. The van der Waals surface area contributed by atoms with Crippen molar-refractivity contribution in [2.45, 2.75) is 12.5 Å². The quantitative estimate of drug-likeness (QED) is 0.653. The van der Waals surface area contributed by atoms with E-state index in [0.29, 0.717) is 27.0 Å². The van der Waals surface area contributed by atoms with Crippen LogP contribution >= 0.6 is 23.2 Å². The Morgan fingerprint density at radius 3 is 2.29 bits per heavy atom. The van der Waals surface area contributed by atoms with Crippen LogP contribution in [0.15, 0.2) is 42.5 Å². The van der Waals surface area contributed by atoms with Crippen molar-refractivity contribution in [3.8, 4) is 0 Å². The molecule has 0 aliphatic rings. The Bertz CT molecular complexity index is 684. The molecule has 0 aliphatic heterocycles. The third-order valence-electron chi connectivity index (χ3n) is 3.28. The van der Waals surface area contributed by atoms with Crippen molar-refractivity contribution in [2.24, 2.45) is 0 Å². The van der Waals surface area contributed by atoms with Crippen LogP contribution in [0.5, 0.6) is 0 Å². The number of carbonyl (C=O) groups excluding carboxylic acids is 1. The first-order valence-corrected chi connectivity index (χ1v) is 8.01. The van der Waals surface area contributed by atoms with Crippen LogP contribution in [0.2, 0.25) is 10.0 Å². The second kappa shape index (κ2) is 8.89. The van der Waals surface area contributed by atoms with Crippen LogP contribution in [0.25, 0.3) is 0 Å². The number of halogens is 2. The van der Waals surface area contributed by atoms with Gasteiger partial charge in [-0.15, -0.1) is 0 Å². The summed E-state index contributed by atoms with van der Waals surface area (Å²) in [6, 6.07) is 12.3. The van der Waals surface area contributed by atoms with Gasteiger partial charge in [-0.3, -0.25) is 4.79 Å². The number of nitrogens with one attached hydrogen (secondary N) is 1. The van der Waals surface area contributed by atoms with E-state index in [0.717, 1.165) is 0 Å². The zero-order valence-corrected chi connectivity index (χ0v) is 14.2. The van der Waals surface area contributed by atoms with Gasteiger partial charge in [0.15, 0.2) is 0 Å². The normalized spacial score (nSPS) is 10.7. The van der Waals surface area contributed by atoms with Gasteiger partial charge in [-0.1, -0.05) is 47.5 Å². The first kappa shape index (κ1) is 18.5. The third kappa shape index (κ3) is 4.85. The monoisotopic (exact) mass is 369 g/mol. The molecule has 0 aliphatic carbocycles. The zero-order valence-electron chi connectivity index (χ0n) is 12.7. The lowest BCUT2D eigenvalue weighted by Gasteiger charge is -2.16. The number of ether oxygens (including phenoxy) is 1. The summed E-state index contributed by atoms with van der Waals surface area (Å²) in [5, 5.41) is 22.0. The molecule has 7 heteroatoms. The largest absolute Gasteiger partial charge is 0.457 e. The molecule has 128 valence electrons. The molecule has 2 aromatic rings. The lowest BCUT2D eigenvalue weighted by Crippen LogP contribution is -2.26. The van der Waals surface area contributed by atoms with E-state index < -0.39 is 25.3 Å². The van der Waals surface area contributed by atoms with Crippen LogP contribution in [-0.4, -0.2) is 35.5 Å². The predicted octanol–water partition coefficient (Wildman–Crippen LogP) is 3.18. The van der Waals surface area contributed by atoms with Crippen molar-refractivity contribution >= 4 is 40.5 Å². The van der Waals surface area contributed by atoms with Crippen LogP contribution < -0.4 is 5.32 Å². The van der Waals surface area contributed by atoms with E-state index in [9.17, 15) is 4.79 Å². The maximum absolute atomic E-state index is 12.0. The zero-order chi connectivity index (χ0) is 17.5. The smallest absolute Gasteiger partial charge is 0.310 e. The Labute approximate surface area is 149 Å². The van der Waals surface area contributed by atoms with Gasteiger partial charge in [0.05, 0.1) is 35.4 Å². The Balaban J connectivity index is 2.17. The molecule has 0 saturated heterocycles. The molecule has 0 aromatic heterocycles. The summed E-state index contributed by atoms with van der Waals surface area (Å²) in [7, 11) is 0. The van der Waals surface area contributed by atoms with Gasteiger partial charge in [0.2, 0.25) is 0 Å². The summed E-state index contributed by atoms with van der Waals surface area (Å²) >= 11 is 12.3. The first-order valence-electron chi connectivity index (χ1n) is 7.25. The lowest BCUT2D eigenvalue weighted by atomic mass is 10.1. The molecule has 0 fully saturated rings. The number of para-hydroxylation sites is 2. The molecule has 0 amide bonds. The minimum atomic E-state index is -0.921.